The van der Waals surface area contributed by atoms with Crippen molar-refractivity contribution in [3.05, 3.63) is 0 Å². The van der Waals surface area contributed by atoms with Crippen molar-refractivity contribution < 1.29 is 9.53 Å². The van der Waals surface area contributed by atoms with Gasteiger partial charge in [0.15, 0.2) is 5.96 Å². The number of hydrogen-bond donors (Lipinski definition) is 2. The Bertz CT molecular complexity index is 481. The van der Waals surface area contributed by atoms with Crippen LogP contribution in [0.3, 0.4) is 0 Å². The van der Waals surface area contributed by atoms with Gasteiger partial charge in [-0.05, 0) is 46.6 Å². The minimum Gasteiger partial charge on any atom is -0.444 e. The summed E-state index contributed by atoms with van der Waals surface area (Å²) in [6.45, 7) is 11.0. The number of halogens is 1. The third-order valence-corrected chi connectivity index (χ3v) is 5.14. The second kappa shape index (κ2) is 12.7. The predicted molar refractivity (Wildman–Crippen MR) is 126 cm³/mol. The van der Waals surface area contributed by atoms with Crippen molar-refractivity contribution in [2.24, 2.45) is 4.99 Å². The maximum absolute atomic E-state index is 12.1. The SMILES string of the molecule is CN=C(NCCCN1CCN(C(=O)OC(C)(C)C)CC1)NC1CCCCC1.I. The lowest BCUT2D eigenvalue weighted by atomic mass is 9.96. The van der Waals surface area contributed by atoms with E-state index < -0.39 is 5.60 Å². The molecule has 1 aliphatic carbocycles. The zero-order chi connectivity index (χ0) is 19.7. The Morgan fingerprint density at radius 1 is 1.11 bits per heavy atom. The van der Waals surface area contributed by atoms with Gasteiger partial charge in [0.2, 0.25) is 0 Å². The number of aliphatic imine (C=N–C) groups is 1. The molecule has 1 amide bonds. The van der Waals surface area contributed by atoms with Crippen LogP contribution in [0.5, 0.6) is 0 Å². The van der Waals surface area contributed by atoms with E-state index in [9.17, 15) is 4.79 Å². The van der Waals surface area contributed by atoms with Crippen LogP contribution in [-0.4, -0.2) is 79.8 Å². The zero-order valence-corrected chi connectivity index (χ0v) is 20.5. The van der Waals surface area contributed by atoms with Gasteiger partial charge in [0, 0.05) is 45.8 Å². The van der Waals surface area contributed by atoms with Crippen molar-refractivity contribution in [2.75, 3.05) is 46.3 Å². The summed E-state index contributed by atoms with van der Waals surface area (Å²) in [5.41, 5.74) is -0.427. The van der Waals surface area contributed by atoms with Crippen LogP contribution in [0.1, 0.15) is 59.3 Å². The highest BCUT2D eigenvalue weighted by Gasteiger charge is 2.25. The average molecular weight is 509 g/mol. The monoisotopic (exact) mass is 509 g/mol. The van der Waals surface area contributed by atoms with Crippen LogP contribution in [0.2, 0.25) is 0 Å². The van der Waals surface area contributed by atoms with Crippen molar-refractivity contribution in [3.8, 4) is 0 Å². The maximum Gasteiger partial charge on any atom is 0.410 e. The number of guanidine groups is 1. The molecule has 7 nitrogen and oxygen atoms in total. The fourth-order valence-corrected chi connectivity index (χ4v) is 3.62. The topological polar surface area (TPSA) is 69.2 Å². The first-order chi connectivity index (χ1) is 12.9. The summed E-state index contributed by atoms with van der Waals surface area (Å²) in [5.74, 6) is 0.927. The van der Waals surface area contributed by atoms with Gasteiger partial charge in [-0.25, -0.2) is 4.79 Å². The number of carbonyl (C=O) groups is 1. The van der Waals surface area contributed by atoms with E-state index in [2.05, 4.69) is 20.5 Å². The van der Waals surface area contributed by atoms with E-state index in [0.29, 0.717) is 6.04 Å². The first-order valence-corrected chi connectivity index (χ1v) is 10.5. The highest BCUT2D eigenvalue weighted by Crippen LogP contribution is 2.17. The predicted octanol–water partition coefficient (Wildman–Crippen LogP) is 3.04. The summed E-state index contributed by atoms with van der Waals surface area (Å²) < 4.78 is 5.45. The van der Waals surface area contributed by atoms with Crippen LogP contribution in [0.4, 0.5) is 4.79 Å². The summed E-state index contributed by atoms with van der Waals surface area (Å²) in [4.78, 5) is 20.7. The van der Waals surface area contributed by atoms with Gasteiger partial charge in [0.1, 0.15) is 5.60 Å². The highest BCUT2D eigenvalue weighted by atomic mass is 127. The fourth-order valence-electron chi connectivity index (χ4n) is 3.62. The Kier molecular flexibility index (Phi) is 11.5. The van der Waals surface area contributed by atoms with Gasteiger partial charge in [-0.15, -0.1) is 24.0 Å². The molecule has 2 rings (SSSR count). The number of nitrogens with one attached hydrogen (secondary N) is 2. The second-order valence-corrected chi connectivity index (χ2v) is 8.64. The van der Waals surface area contributed by atoms with Crippen LogP contribution >= 0.6 is 24.0 Å². The molecule has 0 aromatic heterocycles. The quantitative estimate of drug-likeness (QED) is 0.258. The molecule has 0 atom stereocenters. The van der Waals surface area contributed by atoms with Crippen molar-refractivity contribution in [3.63, 3.8) is 0 Å². The molecular formula is C20H40IN5O2. The summed E-state index contributed by atoms with van der Waals surface area (Å²) in [5, 5.41) is 6.98. The second-order valence-electron chi connectivity index (χ2n) is 8.64. The van der Waals surface area contributed by atoms with Crippen LogP contribution in [0.15, 0.2) is 4.99 Å². The molecule has 8 heteroatoms. The van der Waals surface area contributed by atoms with Crippen LogP contribution in [-0.2, 0) is 4.74 Å². The number of piperazine rings is 1. The molecule has 0 aromatic rings. The van der Waals surface area contributed by atoms with Crippen molar-refractivity contribution in [1.82, 2.24) is 20.4 Å². The molecule has 2 fully saturated rings. The van der Waals surface area contributed by atoms with E-state index in [1.165, 1.54) is 32.1 Å². The minimum absolute atomic E-state index is 0. The molecule has 28 heavy (non-hydrogen) atoms. The van der Waals surface area contributed by atoms with Gasteiger partial charge in [-0.2, -0.15) is 0 Å². The first kappa shape index (κ1) is 25.3. The largest absolute Gasteiger partial charge is 0.444 e. The average Bonchev–Trinajstić information content (AvgIpc) is 2.64. The number of ether oxygens (including phenoxy) is 1. The molecule has 2 N–H and O–H groups in total. The number of rotatable bonds is 5. The third kappa shape index (κ3) is 9.62. The molecule has 1 heterocycles. The van der Waals surface area contributed by atoms with Crippen LogP contribution in [0, 0.1) is 0 Å². The van der Waals surface area contributed by atoms with Gasteiger partial charge in [0.05, 0.1) is 0 Å². The van der Waals surface area contributed by atoms with Gasteiger partial charge in [0.25, 0.3) is 0 Å². The number of hydrogen-bond acceptors (Lipinski definition) is 4. The molecule has 2 aliphatic rings. The molecule has 1 saturated carbocycles. The first-order valence-electron chi connectivity index (χ1n) is 10.5. The molecule has 1 saturated heterocycles. The molecule has 164 valence electrons. The Hall–Kier alpha value is -0.770. The Balaban J connectivity index is 0.00000392. The third-order valence-electron chi connectivity index (χ3n) is 5.14. The van der Waals surface area contributed by atoms with E-state index in [4.69, 9.17) is 4.74 Å². The van der Waals surface area contributed by atoms with E-state index in [1.807, 2.05) is 32.7 Å². The zero-order valence-electron chi connectivity index (χ0n) is 18.1. The van der Waals surface area contributed by atoms with Crippen molar-refractivity contribution in [1.29, 1.82) is 0 Å². The Morgan fingerprint density at radius 2 is 1.75 bits per heavy atom. The van der Waals surface area contributed by atoms with Crippen molar-refractivity contribution in [2.45, 2.75) is 70.9 Å². The highest BCUT2D eigenvalue weighted by molar-refractivity contribution is 14.0. The number of carbonyl (C=O) groups excluding carboxylic acids is 1. The molecule has 0 spiro atoms. The summed E-state index contributed by atoms with van der Waals surface area (Å²) in [7, 11) is 1.84. The molecule has 1 aliphatic heterocycles. The Labute approximate surface area is 188 Å². The van der Waals surface area contributed by atoms with Gasteiger partial charge in [-0.3, -0.25) is 9.89 Å². The van der Waals surface area contributed by atoms with E-state index in [-0.39, 0.29) is 30.1 Å². The summed E-state index contributed by atoms with van der Waals surface area (Å²) in [6, 6.07) is 0.575. The minimum atomic E-state index is -0.427. The van der Waals surface area contributed by atoms with E-state index in [0.717, 1.165) is 51.6 Å². The number of amides is 1. The van der Waals surface area contributed by atoms with E-state index >= 15 is 0 Å². The summed E-state index contributed by atoms with van der Waals surface area (Å²) in [6.07, 6.45) is 7.39. The summed E-state index contributed by atoms with van der Waals surface area (Å²) >= 11 is 0. The Morgan fingerprint density at radius 3 is 2.32 bits per heavy atom. The molecule has 0 aromatic carbocycles. The normalized spacial score (nSPS) is 19.7. The van der Waals surface area contributed by atoms with E-state index in [1.54, 1.807) is 0 Å². The lowest BCUT2D eigenvalue weighted by Gasteiger charge is -2.35. The lowest BCUT2D eigenvalue weighted by Crippen LogP contribution is -2.50. The standard InChI is InChI=1S/C20H39N5O2.HI/c1-20(2,3)27-19(26)25-15-13-24(14-16-25)12-8-11-22-18(21-4)23-17-9-6-5-7-10-17;/h17H,5-16H2,1-4H3,(H2,21,22,23);1H. The molecule has 0 radical (unpaired) electrons. The van der Waals surface area contributed by atoms with Gasteiger partial charge < -0.3 is 20.3 Å². The molecule has 0 unspecified atom stereocenters. The molecular weight excluding hydrogens is 469 g/mol. The van der Waals surface area contributed by atoms with Gasteiger partial charge in [-0.1, -0.05) is 19.3 Å². The smallest absolute Gasteiger partial charge is 0.410 e. The van der Waals surface area contributed by atoms with Crippen molar-refractivity contribution >= 4 is 36.0 Å². The van der Waals surface area contributed by atoms with Crippen LogP contribution in [0.25, 0.3) is 0 Å². The fraction of sp³-hybridized carbons (Fsp3) is 0.900. The van der Waals surface area contributed by atoms with Gasteiger partial charge >= 0.3 is 6.09 Å². The number of nitrogens with zero attached hydrogens (tertiary/aromatic N) is 3. The lowest BCUT2D eigenvalue weighted by molar-refractivity contribution is 0.0145. The molecule has 0 bridgehead atoms. The van der Waals surface area contributed by atoms with Crippen LogP contribution < -0.4 is 10.6 Å². The maximum atomic E-state index is 12.1.